The van der Waals surface area contributed by atoms with E-state index in [4.69, 9.17) is 4.74 Å². The Morgan fingerprint density at radius 2 is 2.00 bits per heavy atom. The number of ether oxygens (including phenoxy) is 1. The molecule has 1 aromatic carbocycles. The number of aryl methyl sites for hydroxylation is 1. The Morgan fingerprint density at radius 3 is 2.79 bits per heavy atom. The van der Waals surface area contributed by atoms with Crippen molar-refractivity contribution >= 4 is 17.5 Å². The molecule has 1 aliphatic heterocycles. The van der Waals surface area contributed by atoms with Crippen LogP contribution in [-0.2, 0) is 22.6 Å². The summed E-state index contributed by atoms with van der Waals surface area (Å²) in [6.45, 7) is 3.94. The van der Waals surface area contributed by atoms with Crippen LogP contribution < -0.4 is 10.1 Å². The zero-order valence-corrected chi connectivity index (χ0v) is 17.0. The molecular formula is C23H29N3O3. The number of nitrogens with one attached hydrogen (secondary N) is 1. The van der Waals surface area contributed by atoms with E-state index in [1.54, 1.807) is 12.4 Å². The van der Waals surface area contributed by atoms with Crippen molar-refractivity contribution in [2.75, 3.05) is 18.5 Å². The smallest absolute Gasteiger partial charge is 0.224 e. The van der Waals surface area contributed by atoms with E-state index in [1.807, 2.05) is 35.2 Å². The zero-order valence-electron chi connectivity index (χ0n) is 17.0. The molecule has 6 nitrogen and oxygen atoms in total. The van der Waals surface area contributed by atoms with E-state index in [0.717, 1.165) is 42.6 Å². The minimum atomic E-state index is 0.0198. The van der Waals surface area contributed by atoms with Crippen molar-refractivity contribution in [3.05, 3.63) is 53.9 Å². The fourth-order valence-electron chi connectivity index (χ4n) is 3.41. The number of hydrogen-bond acceptors (Lipinski definition) is 4. The lowest BCUT2D eigenvalue weighted by atomic mass is 10.0. The average Bonchev–Trinajstić information content (AvgIpc) is 2.75. The maximum atomic E-state index is 12.7. The second kappa shape index (κ2) is 10.6. The van der Waals surface area contributed by atoms with Gasteiger partial charge in [0.15, 0.2) is 0 Å². The molecule has 29 heavy (non-hydrogen) atoms. The van der Waals surface area contributed by atoms with E-state index in [1.165, 1.54) is 0 Å². The Bertz CT molecular complexity index is 823. The van der Waals surface area contributed by atoms with E-state index >= 15 is 0 Å². The van der Waals surface area contributed by atoms with Crippen LogP contribution in [0.1, 0.15) is 50.2 Å². The second-order valence-electron chi connectivity index (χ2n) is 7.31. The van der Waals surface area contributed by atoms with E-state index in [9.17, 15) is 9.59 Å². The van der Waals surface area contributed by atoms with E-state index in [-0.39, 0.29) is 11.8 Å². The molecule has 1 aromatic heterocycles. The first-order valence-electron chi connectivity index (χ1n) is 10.4. The number of carbonyl (C=O) groups excluding carboxylic acids is 2. The maximum absolute atomic E-state index is 12.7. The minimum Gasteiger partial charge on any atom is -0.491 e. The van der Waals surface area contributed by atoms with Crippen molar-refractivity contribution in [3.8, 4) is 5.75 Å². The molecule has 0 spiro atoms. The van der Waals surface area contributed by atoms with E-state index in [2.05, 4.69) is 17.2 Å². The molecule has 154 valence electrons. The lowest BCUT2D eigenvalue weighted by molar-refractivity contribution is -0.132. The molecule has 0 fully saturated rings. The SMILES string of the molecule is CCCCN(Cc1ccncc1)C(=O)CCCOc1cccc2c1NC(=O)CC2. The molecule has 1 N–H and O–H groups in total. The molecule has 0 atom stereocenters. The Balaban J connectivity index is 1.51. The van der Waals surface area contributed by atoms with Gasteiger partial charge >= 0.3 is 0 Å². The van der Waals surface area contributed by atoms with Gasteiger partial charge in [-0.3, -0.25) is 14.6 Å². The topological polar surface area (TPSA) is 71.5 Å². The number of aromatic nitrogens is 1. The van der Waals surface area contributed by atoms with Gasteiger partial charge in [0.2, 0.25) is 11.8 Å². The van der Waals surface area contributed by atoms with Crippen LogP contribution in [0.4, 0.5) is 5.69 Å². The van der Waals surface area contributed by atoms with Crippen molar-refractivity contribution in [2.24, 2.45) is 0 Å². The first-order chi connectivity index (χ1) is 14.2. The summed E-state index contributed by atoms with van der Waals surface area (Å²) in [5.41, 5.74) is 2.96. The molecule has 0 bridgehead atoms. The van der Waals surface area contributed by atoms with Gasteiger partial charge in [0.05, 0.1) is 12.3 Å². The summed E-state index contributed by atoms with van der Waals surface area (Å²) in [5.74, 6) is 0.844. The molecule has 2 aromatic rings. The number of nitrogens with zero attached hydrogens (tertiary/aromatic N) is 2. The van der Waals surface area contributed by atoms with Gasteiger partial charge in [-0.25, -0.2) is 0 Å². The number of hydrogen-bond donors (Lipinski definition) is 1. The van der Waals surface area contributed by atoms with Crippen molar-refractivity contribution < 1.29 is 14.3 Å². The fraction of sp³-hybridized carbons (Fsp3) is 0.435. The van der Waals surface area contributed by atoms with Gasteiger partial charge in [0.25, 0.3) is 0 Å². The highest BCUT2D eigenvalue weighted by atomic mass is 16.5. The predicted molar refractivity (Wildman–Crippen MR) is 113 cm³/mol. The number of pyridine rings is 1. The van der Waals surface area contributed by atoms with Crippen molar-refractivity contribution in [1.82, 2.24) is 9.88 Å². The largest absolute Gasteiger partial charge is 0.491 e. The molecule has 0 aliphatic carbocycles. The Morgan fingerprint density at radius 1 is 1.17 bits per heavy atom. The van der Waals surface area contributed by atoms with Gasteiger partial charge in [-0.1, -0.05) is 25.5 Å². The summed E-state index contributed by atoms with van der Waals surface area (Å²) in [7, 11) is 0. The van der Waals surface area contributed by atoms with Gasteiger partial charge < -0.3 is 15.0 Å². The summed E-state index contributed by atoms with van der Waals surface area (Å²) in [6.07, 6.45) is 7.87. The normalized spacial score (nSPS) is 12.8. The van der Waals surface area contributed by atoms with Gasteiger partial charge in [-0.15, -0.1) is 0 Å². The summed E-state index contributed by atoms with van der Waals surface area (Å²) >= 11 is 0. The molecule has 0 radical (unpaired) electrons. The zero-order chi connectivity index (χ0) is 20.5. The van der Waals surface area contributed by atoms with Crippen molar-refractivity contribution in [1.29, 1.82) is 0 Å². The first-order valence-corrected chi connectivity index (χ1v) is 10.4. The van der Waals surface area contributed by atoms with E-state index in [0.29, 0.717) is 38.2 Å². The Labute approximate surface area is 172 Å². The third kappa shape index (κ3) is 6.04. The molecule has 2 heterocycles. The molecule has 0 unspecified atom stereocenters. The quantitative estimate of drug-likeness (QED) is 0.618. The van der Waals surface area contributed by atoms with Crippen LogP contribution in [-0.4, -0.2) is 34.8 Å². The molecule has 3 rings (SSSR count). The van der Waals surface area contributed by atoms with Gasteiger partial charge in [-0.2, -0.15) is 0 Å². The van der Waals surface area contributed by atoms with E-state index < -0.39 is 0 Å². The van der Waals surface area contributed by atoms with Crippen LogP contribution in [0.5, 0.6) is 5.75 Å². The molecule has 0 saturated carbocycles. The number of rotatable bonds is 10. The number of carbonyl (C=O) groups is 2. The van der Waals surface area contributed by atoms with Crippen LogP contribution in [0, 0.1) is 0 Å². The number of amides is 2. The predicted octanol–water partition coefficient (Wildman–Crippen LogP) is 3.95. The standard InChI is InChI=1S/C23H29N3O3/c1-2-3-15-26(17-18-11-13-24-14-12-18)22(28)8-5-16-29-20-7-4-6-19-9-10-21(27)25-23(19)20/h4,6-7,11-14H,2-3,5,8-10,15-17H2,1H3,(H,25,27). The maximum Gasteiger partial charge on any atom is 0.224 e. The highest BCUT2D eigenvalue weighted by Gasteiger charge is 2.18. The minimum absolute atomic E-state index is 0.0198. The van der Waals surface area contributed by atoms with Crippen LogP contribution in [0.25, 0.3) is 0 Å². The van der Waals surface area contributed by atoms with Crippen molar-refractivity contribution in [3.63, 3.8) is 0 Å². The van der Waals surface area contributed by atoms with Crippen molar-refractivity contribution in [2.45, 2.75) is 52.0 Å². The number of unbranched alkanes of at least 4 members (excludes halogenated alkanes) is 1. The first kappa shape index (κ1) is 20.8. The summed E-state index contributed by atoms with van der Waals surface area (Å²) in [5, 5.41) is 2.90. The lowest BCUT2D eigenvalue weighted by Crippen LogP contribution is -2.31. The molecule has 0 saturated heterocycles. The van der Waals surface area contributed by atoms with Crippen LogP contribution >= 0.6 is 0 Å². The fourth-order valence-corrected chi connectivity index (χ4v) is 3.41. The Kier molecular flexibility index (Phi) is 7.61. The molecule has 1 aliphatic rings. The third-order valence-electron chi connectivity index (χ3n) is 5.05. The molecular weight excluding hydrogens is 366 g/mol. The number of para-hydroxylation sites is 1. The monoisotopic (exact) mass is 395 g/mol. The summed E-state index contributed by atoms with van der Waals surface area (Å²) in [4.78, 5) is 30.4. The van der Waals surface area contributed by atoms with Gasteiger partial charge in [0.1, 0.15) is 5.75 Å². The summed E-state index contributed by atoms with van der Waals surface area (Å²) < 4.78 is 5.89. The average molecular weight is 396 g/mol. The van der Waals surface area contributed by atoms with Gasteiger partial charge in [-0.05, 0) is 48.6 Å². The third-order valence-corrected chi connectivity index (χ3v) is 5.05. The summed E-state index contributed by atoms with van der Waals surface area (Å²) in [6, 6.07) is 9.71. The van der Waals surface area contributed by atoms with Gasteiger partial charge in [0, 0.05) is 38.3 Å². The highest BCUT2D eigenvalue weighted by Crippen LogP contribution is 2.32. The number of anilines is 1. The van der Waals surface area contributed by atoms with Crippen LogP contribution in [0.3, 0.4) is 0 Å². The van der Waals surface area contributed by atoms with Crippen LogP contribution in [0.15, 0.2) is 42.7 Å². The highest BCUT2D eigenvalue weighted by molar-refractivity contribution is 5.95. The van der Waals surface area contributed by atoms with Crippen LogP contribution in [0.2, 0.25) is 0 Å². The number of fused-ring (bicyclic) bond motifs is 1. The lowest BCUT2D eigenvalue weighted by Gasteiger charge is -2.23. The Hall–Kier alpha value is -2.89. The molecule has 6 heteroatoms. The molecule has 2 amide bonds. The second-order valence-corrected chi connectivity index (χ2v) is 7.31. The number of benzene rings is 1.